The van der Waals surface area contributed by atoms with Crippen LogP contribution in [0.5, 0.6) is 0 Å². The summed E-state index contributed by atoms with van der Waals surface area (Å²) in [5.41, 5.74) is 0.791. The average Bonchev–Trinajstić information content (AvgIpc) is 2.38. The molecule has 0 amide bonds. The zero-order valence-corrected chi connectivity index (χ0v) is 12.5. The van der Waals surface area contributed by atoms with Crippen molar-refractivity contribution in [2.45, 2.75) is 13.3 Å². The van der Waals surface area contributed by atoms with Crippen LogP contribution in [0.3, 0.4) is 0 Å². The van der Waals surface area contributed by atoms with Crippen molar-refractivity contribution < 1.29 is 8.42 Å². The summed E-state index contributed by atoms with van der Waals surface area (Å²) < 4.78 is 25.8. The van der Waals surface area contributed by atoms with Gasteiger partial charge in [-0.25, -0.2) is 13.1 Å². The van der Waals surface area contributed by atoms with E-state index in [1.165, 1.54) is 6.08 Å². The minimum atomic E-state index is -3.38. The van der Waals surface area contributed by atoms with Crippen LogP contribution in [-0.2, 0) is 10.0 Å². The predicted octanol–water partition coefficient (Wildman–Crippen LogP) is 2.23. The molecular formula is C13H19ClN2O2S. The third-order valence-electron chi connectivity index (χ3n) is 2.34. The molecule has 6 heteroatoms. The molecule has 0 atom stereocenters. The maximum atomic E-state index is 11.7. The van der Waals surface area contributed by atoms with Crippen LogP contribution in [0.2, 0.25) is 5.02 Å². The van der Waals surface area contributed by atoms with Crippen molar-refractivity contribution in [3.63, 3.8) is 0 Å². The molecule has 0 heterocycles. The summed E-state index contributed by atoms with van der Waals surface area (Å²) in [4.78, 5) is 0. The Balaban J connectivity index is 2.43. The van der Waals surface area contributed by atoms with Gasteiger partial charge in [0.05, 0.1) is 0 Å². The first kappa shape index (κ1) is 16.2. The number of rotatable bonds is 8. The Morgan fingerprint density at radius 3 is 2.47 bits per heavy atom. The van der Waals surface area contributed by atoms with Crippen molar-refractivity contribution in [1.29, 1.82) is 0 Å². The number of hydrogen-bond donors (Lipinski definition) is 2. The summed E-state index contributed by atoms with van der Waals surface area (Å²) in [7, 11) is -3.38. The summed E-state index contributed by atoms with van der Waals surface area (Å²) in [6, 6.07) is 6.96. The standard InChI is InChI=1S/C13H19ClN2O2S/c1-2-8-15-9-10-16-19(17,18)11-7-12-3-5-13(14)6-4-12/h3-7,11,15-16H,2,8-10H2,1H3. The van der Waals surface area contributed by atoms with Crippen LogP contribution in [0.4, 0.5) is 0 Å². The molecule has 1 aromatic rings. The number of sulfonamides is 1. The lowest BCUT2D eigenvalue weighted by atomic mass is 10.2. The molecule has 0 aliphatic heterocycles. The lowest BCUT2D eigenvalue weighted by Crippen LogP contribution is -2.30. The zero-order chi connectivity index (χ0) is 14.1. The average molecular weight is 303 g/mol. The summed E-state index contributed by atoms with van der Waals surface area (Å²) in [6.07, 6.45) is 2.57. The molecule has 0 fully saturated rings. The van der Waals surface area contributed by atoms with Gasteiger partial charge in [-0.2, -0.15) is 0 Å². The van der Waals surface area contributed by atoms with Gasteiger partial charge in [-0.3, -0.25) is 0 Å². The molecule has 0 aliphatic carbocycles. The highest BCUT2D eigenvalue weighted by Crippen LogP contribution is 2.10. The van der Waals surface area contributed by atoms with E-state index in [9.17, 15) is 8.42 Å². The Labute approximate surface area is 119 Å². The monoisotopic (exact) mass is 302 g/mol. The predicted molar refractivity (Wildman–Crippen MR) is 80.6 cm³/mol. The fraction of sp³-hybridized carbons (Fsp3) is 0.385. The largest absolute Gasteiger partial charge is 0.315 e. The summed E-state index contributed by atoms with van der Waals surface area (Å²) in [5.74, 6) is 0. The minimum absolute atomic E-state index is 0.382. The van der Waals surface area contributed by atoms with Gasteiger partial charge < -0.3 is 5.32 Å². The van der Waals surface area contributed by atoms with Gasteiger partial charge in [-0.1, -0.05) is 30.7 Å². The molecule has 0 spiro atoms. The number of hydrogen-bond acceptors (Lipinski definition) is 3. The number of halogens is 1. The molecule has 106 valence electrons. The van der Waals surface area contributed by atoms with Crippen LogP contribution in [0.25, 0.3) is 6.08 Å². The first-order valence-corrected chi connectivity index (χ1v) is 8.10. The van der Waals surface area contributed by atoms with Gasteiger partial charge in [-0.15, -0.1) is 0 Å². The van der Waals surface area contributed by atoms with Crippen LogP contribution >= 0.6 is 11.6 Å². The molecule has 0 saturated heterocycles. The lowest BCUT2D eigenvalue weighted by molar-refractivity contribution is 0.584. The van der Waals surface area contributed by atoms with Gasteiger partial charge in [-0.05, 0) is 36.7 Å². The topological polar surface area (TPSA) is 58.2 Å². The molecule has 0 radical (unpaired) electrons. The van der Waals surface area contributed by atoms with Crippen LogP contribution in [0.15, 0.2) is 29.7 Å². The number of benzene rings is 1. The second kappa shape index (κ2) is 8.32. The van der Waals surface area contributed by atoms with Crippen LogP contribution < -0.4 is 10.0 Å². The van der Waals surface area contributed by atoms with Crippen molar-refractivity contribution in [3.05, 3.63) is 40.3 Å². The van der Waals surface area contributed by atoms with Gasteiger partial charge in [0.2, 0.25) is 10.0 Å². The maximum Gasteiger partial charge on any atom is 0.233 e. The maximum absolute atomic E-state index is 11.7. The van der Waals surface area contributed by atoms with Gasteiger partial charge >= 0.3 is 0 Å². The molecule has 0 bridgehead atoms. The molecule has 4 nitrogen and oxygen atoms in total. The third kappa shape index (κ3) is 7.32. The second-order valence-corrected chi connectivity index (χ2v) is 6.13. The van der Waals surface area contributed by atoms with Gasteiger partial charge in [0, 0.05) is 23.5 Å². The van der Waals surface area contributed by atoms with Crippen LogP contribution in [0.1, 0.15) is 18.9 Å². The first-order chi connectivity index (χ1) is 9.03. The minimum Gasteiger partial charge on any atom is -0.315 e. The van der Waals surface area contributed by atoms with E-state index in [4.69, 9.17) is 11.6 Å². The van der Waals surface area contributed by atoms with Gasteiger partial charge in [0.25, 0.3) is 0 Å². The van der Waals surface area contributed by atoms with Gasteiger partial charge in [0.1, 0.15) is 0 Å². The van der Waals surface area contributed by atoms with E-state index in [0.717, 1.165) is 23.9 Å². The first-order valence-electron chi connectivity index (χ1n) is 6.17. The highest BCUT2D eigenvalue weighted by atomic mass is 35.5. The molecule has 19 heavy (non-hydrogen) atoms. The molecule has 1 aromatic carbocycles. The van der Waals surface area contributed by atoms with E-state index < -0.39 is 10.0 Å². The van der Waals surface area contributed by atoms with Crippen molar-refractivity contribution in [3.8, 4) is 0 Å². The van der Waals surface area contributed by atoms with Crippen LogP contribution in [-0.4, -0.2) is 28.1 Å². The second-order valence-electron chi connectivity index (χ2n) is 4.04. The highest BCUT2D eigenvalue weighted by molar-refractivity contribution is 7.92. The zero-order valence-electron chi connectivity index (χ0n) is 10.9. The molecule has 0 aliphatic rings. The highest BCUT2D eigenvalue weighted by Gasteiger charge is 2.03. The third-order valence-corrected chi connectivity index (χ3v) is 3.69. The van der Waals surface area contributed by atoms with E-state index in [1.54, 1.807) is 24.3 Å². The molecule has 2 N–H and O–H groups in total. The summed E-state index contributed by atoms with van der Waals surface area (Å²) >= 11 is 5.75. The van der Waals surface area contributed by atoms with E-state index >= 15 is 0 Å². The Morgan fingerprint density at radius 1 is 1.16 bits per heavy atom. The van der Waals surface area contributed by atoms with E-state index in [-0.39, 0.29) is 0 Å². The Kier molecular flexibility index (Phi) is 7.09. The van der Waals surface area contributed by atoms with Crippen molar-refractivity contribution in [1.82, 2.24) is 10.0 Å². The van der Waals surface area contributed by atoms with E-state index in [1.807, 2.05) is 0 Å². The Morgan fingerprint density at radius 2 is 1.84 bits per heavy atom. The van der Waals surface area contributed by atoms with Crippen molar-refractivity contribution >= 4 is 27.7 Å². The normalized spacial score (nSPS) is 12.1. The quantitative estimate of drug-likeness (QED) is 0.724. The number of nitrogens with one attached hydrogen (secondary N) is 2. The van der Waals surface area contributed by atoms with Crippen molar-refractivity contribution in [2.75, 3.05) is 19.6 Å². The van der Waals surface area contributed by atoms with E-state index in [2.05, 4.69) is 17.0 Å². The Hall–Kier alpha value is -0.880. The molecule has 0 aromatic heterocycles. The van der Waals surface area contributed by atoms with Gasteiger partial charge in [0.15, 0.2) is 0 Å². The van der Waals surface area contributed by atoms with E-state index in [0.29, 0.717) is 18.1 Å². The molecular weight excluding hydrogens is 284 g/mol. The smallest absolute Gasteiger partial charge is 0.233 e. The fourth-order valence-electron chi connectivity index (χ4n) is 1.37. The SMILES string of the molecule is CCCNCCNS(=O)(=O)C=Cc1ccc(Cl)cc1. The Bertz CT molecular complexity index is 498. The van der Waals surface area contributed by atoms with Crippen molar-refractivity contribution in [2.24, 2.45) is 0 Å². The lowest BCUT2D eigenvalue weighted by Gasteiger charge is -2.04. The molecule has 0 unspecified atom stereocenters. The van der Waals surface area contributed by atoms with Crippen LogP contribution in [0, 0.1) is 0 Å². The fourth-order valence-corrected chi connectivity index (χ4v) is 2.32. The molecule has 0 saturated carbocycles. The molecule has 1 rings (SSSR count). The summed E-state index contributed by atoms with van der Waals surface area (Å²) in [5, 5.41) is 4.91. The summed E-state index contributed by atoms with van der Waals surface area (Å²) in [6.45, 7) is 3.96.